The Labute approximate surface area is 90.6 Å². The normalized spacial score (nSPS) is 9.60. The predicted molar refractivity (Wildman–Crippen MR) is 63.8 cm³/mol. The van der Waals surface area contributed by atoms with Crippen molar-refractivity contribution in [2.75, 3.05) is 0 Å². The molecule has 1 heterocycles. The van der Waals surface area contributed by atoms with Crippen LogP contribution < -0.4 is 0 Å². The van der Waals surface area contributed by atoms with Crippen LogP contribution >= 0.6 is 0 Å². The molecule has 2 aromatic rings. The SMILES string of the molecule is CC.Cc1ccc(CO)c2ccncc12. The zero-order valence-corrected chi connectivity index (χ0v) is 9.49. The van der Waals surface area contributed by atoms with E-state index >= 15 is 0 Å². The van der Waals surface area contributed by atoms with Gasteiger partial charge in [0.25, 0.3) is 0 Å². The van der Waals surface area contributed by atoms with E-state index in [4.69, 9.17) is 5.11 Å². The molecule has 0 unspecified atom stereocenters. The number of pyridine rings is 1. The van der Waals surface area contributed by atoms with Crippen molar-refractivity contribution in [2.45, 2.75) is 27.4 Å². The molecule has 1 aromatic carbocycles. The van der Waals surface area contributed by atoms with Gasteiger partial charge < -0.3 is 5.11 Å². The van der Waals surface area contributed by atoms with Crippen molar-refractivity contribution in [3.63, 3.8) is 0 Å². The smallest absolute Gasteiger partial charge is 0.0687 e. The molecule has 1 N–H and O–H groups in total. The molecule has 0 radical (unpaired) electrons. The van der Waals surface area contributed by atoms with Gasteiger partial charge in [-0.05, 0) is 29.5 Å². The minimum atomic E-state index is 0.0841. The molecule has 0 aliphatic carbocycles. The largest absolute Gasteiger partial charge is 0.392 e. The molecule has 80 valence electrons. The highest BCUT2D eigenvalue weighted by atomic mass is 16.3. The summed E-state index contributed by atoms with van der Waals surface area (Å²) in [6, 6.07) is 5.90. The quantitative estimate of drug-likeness (QED) is 0.772. The summed E-state index contributed by atoms with van der Waals surface area (Å²) in [5.74, 6) is 0. The summed E-state index contributed by atoms with van der Waals surface area (Å²) in [6.45, 7) is 6.13. The summed E-state index contributed by atoms with van der Waals surface area (Å²) in [7, 11) is 0. The van der Waals surface area contributed by atoms with Crippen molar-refractivity contribution in [3.05, 3.63) is 41.7 Å². The van der Waals surface area contributed by atoms with Gasteiger partial charge in [0.2, 0.25) is 0 Å². The highest BCUT2D eigenvalue weighted by Crippen LogP contribution is 2.20. The summed E-state index contributed by atoms with van der Waals surface area (Å²) >= 11 is 0. The van der Waals surface area contributed by atoms with Crippen LogP contribution in [0.15, 0.2) is 30.6 Å². The van der Waals surface area contributed by atoms with Crippen molar-refractivity contribution in [1.29, 1.82) is 0 Å². The average Bonchev–Trinajstić information content (AvgIpc) is 2.33. The Hall–Kier alpha value is -1.41. The minimum Gasteiger partial charge on any atom is -0.392 e. The molecule has 1 aromatic heterocycles. The highest BCUT2D eigenvalue weighted by Gasteiger charge is 2.01. The van der Waals surface area contributed by atoms with E-state index in [1.807, 2.05) is 45.2 Å². The van der Waals surface area contributed by atoms with Crippen molar-refractivity contribution in [3.8, 4) is 0 Å². The van der Waals surface area contributed by atoms with Crippen LogP contribution in [0.4, 0.5) is 0 Å². The van der Waals surface area contributed by atoms with E-state index in [0.29, 0.717) is 0 Å². The zero-order chi connectivity index (χ0) is 11.3. The maximum atomic E-state index is 9.11. The van der Waals surface area contributed by atoms with Crippen LogP contribution in [0.25, 0.3) is 10.8 Å². The van der Waals surface area contributed by atoms with Gasteiger partial charge in [0.1, 0.15) is 0 Å². The number of rotatable bonds is 1. The van der Waals surface area contributed by atoms with Gasteiger partial charge in [0, 0.05) is 17.8 Å². The summed E-state index contributed by atoms with van der Waals surface area (Å²) in [4.78, 5) is 4.07. The number of aromatic nitrogens is 1. The first-order chi connectivity index (χ1) is 7.33. The number of benzene rings is 1. The fraction of sp³-hybridized carbons (Fsp3) is 0.308. The van der Waals surface area contributed by atoms with E-state index in [2.05, 4.69) is 4.98 Å². The molecular formula is C13H17NO. The lowest BCUT2D eigenvalue weighted by Crippen LogP contribution is -1.88. The van der Waals surface area contributed by atoms with Crippen molar-refractivity contribution in [2.24, 2.45) is 0 Å². The highest BCUT2D eigenvalue weighted by molar-refractivity contribution is 5.87. The third-order valence-corrected chi connectivity index (χ3v) is 2.30. The van der Waals surface area contributed by atoms with Crippen LogP contribution in [0.2, 0.25) is 0 Å². The van der Waals surface area contributed by atoms with E-state index in [1.54, 1.807) is 6.20 Å². The Morgan fingerprint density at radius 2 is 1.87 bits per heavy atom. The second-order valence-electron chi connectivity index (χ2n) is 3.12. The second kappa shape index (κ2) is 5.47. The van der Waals surface area contributed by atoms with Crippen LogP contribution in [0, 0.1) is 6.92 Å². The molecule has 0 bridgehead atoms. The first kappa shape index (κ1) is 11.7. The monoisotopic (exact) mass is 203 g/mol. The molecule has 0 atom stereocenters. The van der Waals surface area contributed by atoms with Crippen LogP contribution in [0.1, 0.15) is 25.0 Å². The summed E-state index contributed by atoms with van der Waals surface area (Å²) < 4.78 is 0. The van der Waals surface area contributed by atoms with Gasteiger partial charge >= 0.3 is 0 Å². The number of hydrogen-bond acceptors (Lipinski definition) is 2. The first-order valence-electron chi connectivity index (χ1n) is 5.26. The molecule has 0 saturated carbocycles. The van der Waals surface area contributed by atoms with Gasteiger partial charge in [-0.2, -0.15) is 0 Å². The number of hydrogen-bond donors (Lipinski definition) is 1. The minimum absolute atomic E-state index is 0.0841. The number of aryl methyl sites for hydroxylation is 1. The van der Waals surface area contributed by atoms with E-state index in [9.17, 15) is 0 Å². The van der Waals surface area contributed by atoms with E-state index in [-0.39, 0.29) is 6.61 Å². The van der Waals surface area contributed by atoms with Gasteiger partial charge in [-0.25, -0.2) is 0 Å². The van der Waals surface area contributed by atoms with E-state index in [1.165, 1.54) is 5.56 Å². The lowest BCUT2D eigenvalue weighted by atomic mass is 10.0. The maximum absolute atomic E-state index is 9.11. The average molecular weight is 203 g/mol. The Kier molecular flexibility index (Phi) is 4.25. The molecule has 0 aliphatic rings. The molecule has 0 aliphatic heterocycles. The number of aliphatic hydroxyl groups excluding tert-OH is 1. The summed E-state index contributed by atoms with van der Waals surface area (Å²) in [6.07, 6.45) is 3.59. The second-order valence-corrected chi connectivity index (χ2v) is 3.12. The Balaban J connectivity index is 0.000000531. The molecule has 15 heavy (non-hydrogen) atoms. The molecule has 2 rings (SSSR count). The van der Waals surface area contributed by atoms with Gasteiger partial charge in [-0.3, -0.25) is 4.98 Å². The maximum Gasteiger partial charge on any atom is 0.0687 e. The van der Waals surface area contributed by atoms with Gasteiger partial charge in [-0.15, -0.1) is 0 Å². The molecule has 2 nitrogen and oxygen atoms in total. The summed E-state index contributed by atoms with van der Waals surface area (Å²) in [5.41, 5.74) is 2.16. The fourth-order valence-electron chi connectivity index (χ4n) is 1.53. The predicted octanol–water partition coefficient (Wildman–Crippen LogP) is 3.06. The molecule has 2 heteroatoms. The number of aliphatic hydroxyl groups is 1. The Bertz CT molecular complexity index is 437. The van der Waals surface area contributed by atoms with E-state index in [0.717, 1.165) is 16.3 Å². The fourth-order valence-corrected chi connectivity index (χ4v) is 1.53. The topological polar surface area (TPSA) is 33.1 Å². The lowest BCUT2D eigenvalue weighted by Gasteiger charge is -2.05. The summed E-state index contributed by atoms with van der Waals surface area (Å²) in [5, 5.41) is 11.3. The number of fused-ring (bicyclic) bond motifs is 1. The first-order valence-corrected chi connectivity index (χ1v) is 5.26. The van der Waals surface area contributed by atoms with Crippen LogP contribution in [-0.4, -0.2) is 10.1 Å². The number of nitrogens with zero attached hydrogens (tertiary/aromatic N) is 1. The zero-order valence-electron chi connectivity index (χ0n) is 9.49. The Morgan fingerprint density at radius 3 is 2.53 bits per heavy atom. The Morgan fingerprint density at radius 1 is 1.13 bits per heavy atom. The molecule has 0 spiro atoms. The lowest BCUT2D eigenvalue weighted by molar-refractivity contribution is 0.283. The molecular weight excluding hydrogens is 186 g/mol. The standard InChI is InChI=1S/C11H11NO.C2H6/c1-8-2-3-9(7-13)10-4-5-12-6-11(8)10;1-2/h2-6,13H,7H2,1H3;1-2H3. The third kappa shape index (κ3) is 2.34. The van der Waals surface area contributed by atoms with E-state index < -0.39 is 0 Å². The van der Waals surface area contributed by atoms with Crippen LogP contribution in [0.3, 0.4) is 0 Å². The van der Waals surface area contributed by atoms with Crippen molar-refractivity contribution in [1.82, 2.24) is 4.98 Å². The van der Waals surface area contributed by atoms with Gasteiger partial charge in [0.05, 0.1) is 6.61 Å². The molecule has 0 saturated heterocycles. The van der Waals surface area contributed by atoms with Crippen molar-refractivity contribution < 1.29 is 5.11 Å². The van der Waals surface area contributed by atoms with Gasteiger partial charge in [-0.1, -0.05) is 26.0 Å². The van der Waals surface area contributed by atoms with Crippen LogP contribution in [0.5, 0.6) is 0 Å². The van der Waals surface area contributed by atoms with Gasteiger partial charge in [0.15, 0.2) is 0 Å². The van der Waals surface area contributed by atoms with Crippen LogP contribution in [-0.2, 0) is 6.61 Å². The third-order valence-electron chi connectivity index (χ3n) is 2.30. The molecule has 0 amide bonds. The van der Waals surface area contributed by atoms with Crippen molar-refractivity contribution >= 4 is 10.8 Å². The molecule has 0 fully saturated rings.